The first kappa shape index (κ1) is 14.5. The third-order valence-corrected chi connectivity index (χ3v) is 2.88. The highest BCUT2D eigenvalue weighted by atomic mass is 16.5. The second-order valence-electron chi connectivity index (χ2n) is 4.55. The highest BCUT2D eigenvalue weighted by molar-refractivity contribution is 5.71. The molecule has 0 aliphatic rings. The Morgan fingerprint density at radius 3 is 2.22 bits per heavy atom. The normalized spacial score (nSPS) is 14.3. The van der Waals surface area contributed by atoms with Gasteiger partial charge >= 0.3 is 5.97 Å². The zero-order valence-electron chi connectivity index (χ0n) is 11.0. The van der Waals surface area contributed by atoms with Crippen LogP contribution >= 0.6 is 0 Å². The molecule has 0 saturated carbocycles. The van der Waals surface area contributed by atoms with Gasteiger partial charge in [0.2, 0.25) is 0 Å². The van der Waals surface area contributed by atoms with Crippen LogP contribution in [0.1, 0.15) is 32.4 Å². The first-order valence-electron chi connectivity index (χ1n) is 6.11. The molecule has 0 heterocycles. The standard InChI is InChI=1S/C14H20O4/c1-4-18-11-7-5-10(6-8-11)13(15)12(9(2)3)14(16)17/h5-9,12-13,15H,4H2,1-3H3,(H,16,17). The zero-order chi connectivity index (χ0) is 13.7. The first-order valence-corrected chi connectivity index (χ1v) is 6.11. The Hall–Kier alpha value is -1.55. The predicted molar refractivity (Wildman–Crippen MR) is 68.5 cm³/mol. The van der Waals surface area contributed by atoms with Crippen LogP contribution in [-0.4, -0.2) is 22.8 Å². The van der Waals surface area contributed by atoms with Crippen LogP contribution in [0.5, 0.6) is 5.75 Å². The molecular weight excluding hydrogens is 232 g/mol. The van der Waals surface area contributed by atoms with Gasteiger partial charge in [0, 0.05) is 0 Å². The van der Waals surface area contributed by atoms with Crippen LogP contribution in [0.4, 0.5) is 0 Å². The molecule has 0 radical (unpaired) electrons. The summed E-state index contributed by atoms with van der Waals surface area (Å²) in [6, 6.07) is 6.88. The highest BCUT2D eigenvalue weighted by Gasteiger charge is 2.30. The van der Waals surface area contributed by atoms with E-state index >= 15 is 0 Å². The summed E-state index contributed by atoms with van der Waals surface area (Å²) in [6.07, 6.45) is -1.00. The van der Waals surface area contributed by atoms with Gasteiger partial charge in [-0.1, -0.05) is 26.0 Å². The largest absolute Gasteiger partial charge is 0.494 e. The quantitative estimate of drug-likeness (QED) is 0.816. The number of hydrogen-bond donors (Lipinski definition) is 2. The first-order chi connectivity index (χ1) is 8.47. The number of rotatable bonds is 6. The third-order valence-electron chi connectivity index (χ3n) is 2.88. The molecule has 0 bridgehead atoms. The van der Waals surface area contributed by atoms with Gasteiger partial charge in [-0.25, -0.2) is 0 Å². The molecule has 4 nitrogen and oxygen atoms in total. The summed E-state index contributed by atoms with van der Waals surface area (Å²) >= 11 is 0. The Balaban J connectivity index is 2.88. The smallest absolute Gasteiger partial charge is 0.309 e. The van der Waals surface area contributed by atoms with Crippen molar-refractivity contribution in [3.63, 3.8) is 0 Å². The van der Waals surface area contributed by atoms with Crippen molar-refractivity contribution in [2.45, 2.75) is 26.9 Å². The maximum Gasteiger partial charge on any atom is 0.309 e. The van der Waals surface area contributed by atoms with Crippen molar-refractivity contribution in [2.75, 3.05) is 6.61 Å². The molecular formula is C14H20O4. The Bertz CT molecular complexity index is 383. The Morgan fingerprint density at radius 2 is 1.83 bits per heavy atom. The second kappa shape index (κ2) is 6.40. The van der Waals surface area contributed by atoms with Gasteiger partial charge in [0.25, 0.3) is 0 Å². The Labute approximate surface area is 107 Å². The molecule has 2 unspecified atom stereocenters. The average Bonchev–Trinajstić information content (AvgIpc) is 2.29. The van der Waals surface area contributed by atoms with Crippen molar-refractivity contribution >= 4 is 5.97 Å². The summed E-state index contributed by atoms with van der Waals surface area (Å²) in [5, 5.41) is 19.2. The van der Waals surface area contributed by atoms with E-state index in [1.54, 1.807) is 38.1 Å². The van der Waals surface area contributed by atoms with E-state index in [0.29, 0.717) is 17.9 Å². The molecule has 1 aromatic carbocycles. The van der Waals surface area contributed by atoms with Crippen LogP contribution in [0.25, 0.3) is 0 Å². The summed E-state index contributed by atoms with van der Waals surface area (Å²) in [6.45, 7) is 6.04. The minimum atomic E-state index is -1.00. The highest BCUT2D eigenvalue weighted by Crippen LogP contribution is 2.29. The molecule has 0 saturated heterocycles. The molecule has 1 rings (SSSR count). The zero-order valence-corrected chi connectivity index (χ0v) is 11.0. The van der Waals surface area contributed by atoms with E-state index in [4.69, 9.17) is 9.84 Å². The minimum absolute atomic E-state index is 0.135. The fourth-order valence-electron chi connectivity index (χ4n) is 1.92. The van der Waals surface area contributed by atoms with Crippen LogP contribution in [-0.2, 0) is 4.79 Å². The number of carboxylic acid groups (broad SMARTS) is 1. The SMILES string of the molecule is CCOc1ccc(C(O)C(C(=O)O)C(C)C)cc1. The van der Waals surface area contributed by atoms with Gasteiger partial charge in [-0.05, 0) is 30.5 Å². The number of aliphatic hydroxyl groups excluding tert-OH is 1. The van der Waals surface area contributed by atoms with E-state index in [1.807, 2.05) is 6.92 Å². The van der Waals surface area contributed by atoms with Gasteiger partial charge in [-0.15, -0.1) is 0 Å². The van der Waals surface area contributed by atoms with E-state index in [1.165, 1.54) is 0 Å². The molecule has 2 N–H and O–H groups in total. The monoisotopic (exact) mass is 252 g/mol. The van der Waals surface area contributed by atoms with Gasteiger partial charge in [0.05, 0.1) is 18.6 Å². The van der Waals surface area contributed by atoms with Crippen LogP contribution in [0.15, 0.2) is 24.3 Å². The molecule has 2 atom stereocenters. The maximum atomic E-state index is 11.1. The van der Waals surface area contributed by atoms with Crippen molar-refractivity contribution in [1.82, 2.24) is 0 Å². The number of aliphatic carboxylic acids is 1. The molecule has 0 aliphatic carbocycles. The van der Waals surface area contributed by atoms with Gasteiger partial charge < -0.3 is 14.9 Å². The topological polar surface area (TPSA) is 66.8 Å². The van der Waals surface area contributed by atoms with Crippen molar-refractivity contribution in [1.29, 1.82) is 0 Å². The number of benzene rings is 1. The molecule has 1 aromatic rings. The molecule has 18 heavy (non-hydrogen) atoms. The number of hydrogen-bond acceptors (Lipinski definition) is 3. The molecule has 100 valence electrons. The molecule has 0 aliphatic heterocycles. The van der Waals surface area contributed by atoms with Crippen LogP contribution in [0.3, 0.4) is 0 Å². The molecule has 0 spiro atoms. The molecule has 0 amide bonds. The summed E-state index contributed by atoms with van der Waals surface area (Å²) in [4.78, 5) is 11.1. The molecule has 0 fully saturated rings. The molecule has 4 heteroatoms. The fourth-order valence-corrected chi connectivity index (χ4v) is 1.92. The van der Waals surface area contributed by atoms with Crippen LogP contribution in [0.2, 0.25) is 0 Å². The summed E-state index contributed by atoms with van der Waals surface area (Å²) in [7, 11) is 0. The van der Waals surface area contributed by atoms with Gasteiger partial charge in [0.1, 0.15) is 5.75 Å². The van der Waals surface area contributed by atoms with E-state index < -0.39 is 18.0 Å². The van der Waals surface area contributed by atoms with Crippen LogP contribution < -0.4 is 4.74 Å². The predicted octanol–water partition coefficient (Wildman–Crippen LogP) is 2.48. The van der Waals surface area contributed by atoms with E-state index in [2.05, 4.69) is 0 Å². The fraction of sp³-hybridized carbons (Fsp3) is 0.500. The summed E-state index contributed by atoms with van der Waals surface area (Å²) < 4.78 is 5.30. The molecule has 0 aromatic heterocycles. The van der Waals surface area contributed by atoms with Gasteiger partial charge in [-0.2, -0.15) is 0 Å². The number of ether oxygens (including phenoxy) is 1. The summed E-state index contributed by atoms with van der Waals surface area (Å²) in [5.74, 6) is -1.21. The van der Waals surface area contributed by atoms with Crippen molar-refractivity contribution in [3.8, 4) is 5.75 Å². The lowest BCUT2D eigenvalue weighted by Gasteiger charge is -2.22. The summed E-state index contributed by atoms with van der Waals surface area (Å²) in [5.41, 5.74) is 0.597. The van der Waals surface area contributed by atoms with E-state index in [0.717, 1.165) is 0 Å². The van der Waals surface area contributed by atoms with Gasteiger partial charge in [0.15, 0.2) is 0 Å². The lowest BCUT2D eigenvalue weighted by Crippen LogP contribution is -2.26. The number of aliphatic hydroxyl groups is 1. The average molecular weight is 252 g/mol. The second-order valence-corrected chi connectivity index (χ2v) is 4.55. The lowest BCUT2D eigenvalue weighted by atomic mass is 9.86. The van der Waals surface area contributed by atoms with Crippen LogP contribution in [0, 0.1) is 11.8 Å². The Morgan fingerprint density at radius 1 is 1.28 bits per heavy atom. The van der Waals surface area contributed by atoms with Crippen molar-refractivity contribution in [2.24, 2.45) is 11.8 Å². The van der Waals surface area contributed by atoms with Gasteiger partial charge in [-0.3, -0.25) is 4.79 Å². The van der Waals surface area contributed by atoms with Crippen molar-refractivity contribution < 1.29 is 19.7 Å². The van der Waals surface area contributed by atoms with E-state index in [-0.39, 0.29) is 5.92 Å². The minimum Gasteiger partial charge on any atom is -0.494 e. The maximum absolute atomic E-state index is 11.1. The number of carboxylic acids is 1. The Kier molecular flexibility index (Phi) is 5.16. The lowest BCUT2D eigenvalue weighted by molar-refractivity contribution is -0.148. The van der Waals surface area contributed by atoms with E-state index in [9.17, 15) is 9.90 Å². The number of carbonyl (C=O) groups is 1. The van der Waals surface area contributed by atoms with Crippen molar-refractivity contribution in [3.05, 3.63) is 29.8 Å². The third kappa shape index (κ3) is 3.47.